The number of hydrogen-bond acceptors (Lipinski definition) is 3. The fraction of sp³-hybridized carbons (Fsp3) is 0.643. The molecular formula is C14H22N2O2. The fourth-order valence-corrected chi connectivity index (χ4v) is 2.68. The van der Waals surface area contributed by atoms with Gasteiger partial charge in [-0.1, -0.05) is 6.42 Å². The number of esters is 1. The monoisotopic (exact) mass is 250 g/mol. The number of carbonyl (C=O) groups excluding carboxylic acids is 1. The first-order chi connectivity index (χ1) is 8.66. The van der Waals surface area contributed by atoms with Gasteiger partial charge in [0.05, 0.1) is 12.5 Å². The van der Waals surface area contributed by atoms with E-state index in [4.69, 9.17) is 4.74 Å². The molecule has 1 aliphatic carbocycles. The lowest BCUT2D eigenvalue weighted by Crippen LogP contribution is -2.47. The average Bonchev–Trinajstić information content (AvgIpc) is 2.83. The van der Waals surface area contributed by atoms with Crippen LogP contribution in [-0.4, -0.2) is 43.1 Å². The summed E-state index contributed by atoms with van der Waals surface area (Å²) in [7, 11) is 3.57. The third-order valence-electron chi connectivity index (χ3n) is 3.95. The molecule has 0 bridgehead atoms. The van der Waals surface area contributed by atoms with Crippen LogP contribution < -0.4 is 0 Å². The summed E-state index contributed by atoms with van der Waals surface area (Å²) in [6, 6.07) is 2.09. The maximum Gasteiger partial charge on any atom is 0.313 e. The van der Waals surface area contributed by atoms with Gasteiger partial charge in [0.15, 0.2) is 0 Å². The standard InChI is InChI=1S/C14H22N2O2/c1-16(9-5-12-4-8-15-10-12)11-14(6-3-7-14)13(17)18-2/h4,8,10,15H,3,5-7,9,11H2,1-2H3. The van der Waals surface area contributed by atoms with Gasteiger partial charge >= 0.3 is 5.97 Å². The van der Waals surface area contributed by atoms with E-state index in [1.54, 1.807) is 0 Å². The quantitative estimate of drug-likeness (QED) is 0.783. The maximum absolute atomic E-state index is 11.8. The summed E-state index contributed by atoms with van der Waals surface area (Å²) in [5.74, 6) is -0.0396. The molecule has 1 fully saturated rings. The first-order valence-corrected chi connectivity index (χ1v) is 6.55. The highest BCUT2D eigenvalue weighted by molar-refractivity contribution is 5.78. The van der Waals surface area contributed by atoms with Gasteiger partial charge in [-0.05, 0) is 37.9 Å². The first-order valence-electron chi connectivity index (χ1n) is 6.55. The Bertz CT molecular complexity index is 383. The van der Waals surface area contributed by atoms with E-state index in [9.17, 15) is 4.79 Å². The van der Waals surface area contributed by atoms with Crippen LogP contribution in [-0.2, 0) is 16.0 Å². The molecule has 1 N–H and O–H groups in total. The predicted molar refractivity (Wildman–Crippen MR) is 70.3 cm³/mol. The molecule has 18 heavy (non-hydrogen) atoms. The van der Waals surface area contributed by atoms with Crippen LogP contribution in [0.3, 0.4) is 0 Å². The zero-order valence-corrected chi connectivity index (χ0v) is 11.2. The average molecular weight is 250 g/mol. The number of likely N-dealkylation sites (N-methyl/N-ethyl adjacent to an activating group) is 1. The third-order valence-corrected chi connectivity index (χ3v) is 3.95. The van der Waals surface area contributed by atoms with Crippen molar-refractivity contribution in [3.63, 3.8) is 0 Å². The van der Waals surface area contributed by atoms with Crippen molar-refractivity contribution in [1.82, 2.24) is 9.88 Å². The normalized spacial score (nSPS) is 17.5. The van der Waals surface area contributed by atoms with Crippen molar-refractivity contribution >= 4 is 5.97 Å². The number of ether oxygens (including phenoxy) is 1. The Hall–Kier alpha value is -1.29. The van der Waals surface area contributed by atoms with Crippen molar-refractivity contribution in [1.29, 1.82) is 0 Å². The zero-order valence-electron chi connectivity index (χ0n) is 11.2. The van der Waals surface area contributed by atoms with E-state index < -0.39 is 0 Å². The van der Waals surface area contributed by atoms with Crippen molar-refractivity contribution in [3.05, 3.63) is 24.0 Å². The van der Waals surface area contributed by atoms with Crippen LogP contribution in [0.5, 0.6) is 0 Å². The minimum atomic E-state index is -0.234. The second kappa shape index (κ2) is 5.57. The van der Waals surface area contributed by atoms with E-state index in [0.717, 1.165) is 38.8 Å². The highest BCUT2D eigenvalue weighted by Gasteiger charge is 2.45. The van der Waals surface area contributed by atoms with Crippen LogP contribution in [0, 0.1) is 5.41 Å². The Kier molecular flexibility index (Phi) is 4.07. The van der Waals surface area contributed by atoms with Crippen molar-refractivity contribution < 1.29 is 9.53 Å². The number of nitrogens with one attached hydrogen (secondary N) is 1. The molecule has 0 aliphatic heterocycles. The number of rotatable bonds is 6. The molecule has 0 radical (unpaired) electrons. The van der Waals surface area contributed by atoms with Gasteiger partial charge in [-0.25, -0.2) is 0 Å². The predicted octanol–water partition coefficient (Wildman–Crippen LogP) is 1.83. The van der Waals surface area contributed by atoms with Gasteiger partial charge in [-0.2, -0.15) is 0 Å². The molecule has 0 aromatic carbocycles. The molecule has 4 heteroatoms. The second-order valence-electron chi connectivity index (χ2n) is 5.33. The minimum Gasteiger partial charge on any atom is -0.469 e. The van der Waals surface area contributed by atoms with Crippen molar-refractivity contribution in [2.24, 2.45) is 5.41 Å². The minimum absolute atomic E-state index is 0.0396. The van der Waals surface area contributed by atoms with Crippen molar-refractivity contribution in [2.45, 2.75) is 25.7 Å². The van der Waals surface area contributed by atoms with Gasteiger partial charge in [-0.3, -0.25) is 4.79 Å². The summed E-state index contributed by atoms with van der Waals surface area (Å²) in [4.78, 5) is 17.1. The molecule has 1 aliphatic rings. The van der Waals surface area contributed by atoms with Crippen LogP contribution in [0.2, 0.25) is 0 Å². The second-order valence-corrected chi connectivity index (χ2v) is 5.33. The van der Waals surface area contributed by atoms with Gasteiger partial charge in [0.1, 0.15) is 0 Å². The summed E-state index contributed by atoms with van der Waals surface area (Å²) in [6.45, 7) is 1.78. The largest absolute Gasteiger partial charge is 0.469 e. The molecule has 0 saturated heterocycles. The topological polar surface area (TPSA) is 45.3 Å². The molecular weight excluding hydrogens is 228 g/mol. The molecule has 2 rings (SSSR count). The molecule has 0 spiro atoms. The molecule has 1 aromatic heterocycles. The summed E-state index contributed by atoms with van der Waals surface area (Å²) in [6.07, 6.45) is 8.05. The van der Waals surface area contributed by atoms with Gasteiger partial charge in [-0.15, -0.1) is 0 Å². The summed E-state index contributed by atoms with van der Waals surface area (Å²) >= 11 is 0. The highest BCUT2D eigenvalue weighted by atomic mass is 16.5. The first kappa shape index (κ1) is 13.1. The van der Waals surface area contributed by atoms with Crippen LogP contribution in [0.15, 0.2) is 18.5 Å². The van der Waals surface area contributed by atoms with E-state index in [0.29, 0.717) is 0 Å². The van der Waals surface area contributed by atoms with Gasteiger partial charge < -0.3 is 14.6 Å². The number of hydrogen-bond donors (Lipinski definition) is 1. The molecule has 0 atom stereocenters. The molecule has 100 valence electrons. The fourth-order valence-electron chi connectivity index (χ4n) is 2.68. The molecule has 4 nitrogen and oxygen atoms in total. The van der Waals surface area contributed by atoms with Crippen LogP contribution in [0.4, 0.5) is 0 Å². The molecule has 1 saturated carbocycles. The molecule has 1 aromatic rings. The van der Waals surface area contributed by atoms with E-state index in [1.165, 1.54) is 12.7 Å². The Labute approximate surface area is 108 Å². The van der Waals surface area contributed by atoms with Gasteiger partial charge in [0, 0.05) is 25.5 Å². The van der Waals surface area contributed by atoms with E-state index in [2.05, 4.69) is 23.0 Å². The third kappa shape index (κ3) is 2.75. The SMILES string of the molecule is COC(=O)C1(CN(C)CCc2cc[nH]c2)CCC1. The summed E-state index contributed by atoms with van der Waals surface area (Å²) in [5, 5.41) is 0. The zero-order chi connectivity index (χ0) is 13.0. The van der Waals surface area contributed by atoms with E-state index in [-0.39, 0.29) is 11.4 Å². The smallest absolute Gasteiger partial charge is 0.313 e. The Morgan fingerprint density at radius 2 is 2.33 bits per heavy atom. The summed E-state index contributed by atoms with van der Waals surface area (Å²) in [5.41, 5.74) is 1.07. The number of nitrogens with zero attached hydrogens (tertiary/aromatic N) is 1. The molecule has 1 heterocycles. The Morgan fingerprint density at radius 3 is 2.83 bits per heavy atom. The van der Waals surface area contributed by atoms with E-state index >= 15 is 0 Å². The maximum atomic E-state index is 11.8. The van der Waals surface area contributed by atoms with Crippen LogP contribution in [0.25, 0.3) is 0 Å². The lowest BCUT2D eigenvalue weighted by molar-refractivity contribution is -0.159. The highest BCUT2D eigenvalue weighted by Crippen LogP contribution is 2.42. The lowest BCUT2D eigenvalue weighted by Gasteiger charge is -2.41. The molecule has 0 amide bonds. The van der Waals surface area contributed by atoms with Crippen LogP contribution >= 0.6 is 0 Å². The van der Waals surface area contributed by atoms with Crippen molar-refractivity contribution in [2.75, 3.05) is 27.2 Å². The lowest BCUT2D eigenvalue weighted by atomic mass is 9.68. The summed E-state index contributed by atoms with van der Waals surface area (Å²) < 4.78 is 4.94. The number of aromatic amines is 1. The van der Waals surface area contributed by atoms with Gasteiger partial charge in [0.25, 0.3) is 0 Å². The number of aromatic nitrogens is 1. The number of methoxy groups -OCH3 is 1. The Morgan fingerprint density at radius 1 is 1.56 bits per heavy atom. The Balaban J connectivity index is 1.82. The van der Waals surface area contributed by atoms with Crippen molar-refractivity contribution in [3.8, 4) is 0 Å². The van der Waals surface area contributed by atoms with Gasteiger partial charge in [0.2, 0.25) is 0 Å². The number of H-pyrrole nitrogens is 1. The van der Waals surface area contributed by atoms with Crippen LogP contribution in [0.1, 0.15) is 24.8 Å². The molecule has 0 unspecified atom stereocenters. The number of carbonyl (C=O) groups is 1. The van der Waals surface area contributed by atoms with E-state index in [1.807, 2.05) is 12.4 Å².